The summed E-state index contributed by atoms with van der Waals surface area (Å²) in [6.07, 6.45) is 0.291. The molecule has 0 aliphatic carbocycles. The molecule has 1 aromatic rings. The smallest absolute Gasteiger partial charge is 0.250 e. The molecule has 0 aromatic heterocycles. The molecule has 0 spiro atoms. The number of rotatable bonds is 4. The van der Waals surface area contributed by atoms with E-state index in [0.29, 0.717) is 24.2 Å². The topological polar surface area (TPSA) is 95.8 Å². The fourth-order valence-electron chi connectivity index (χ4n) is 2.78. The average molecular weight is 278 g/mol. The van der Waals surface area contributed by atoms with Crippen LogP contribution < -0.4 is 16.4 Å². The van der Waals surface area contributed by atoms with Crippen molar-refractivity contribution in [2.24, 2.45) is 5.73 Å². The fourth-order valence-corrected chi connectivity index (χ4v) is 2.78. The van der Waals surface area contributed by atoms with Gasteiger partial charge in [0.2, 0.25) is 0 Å². The van der Waals surface area contributed by atoms with Crippen LogP contribution in [0.5, 0.6) is 0 Å². The van der Waals surface area contributed by atoms with Gasteiger partial charge < -0.3 is 26.4 Å². The lowest BCUT2D eigenvalue weighted by molar-refractivity contribution is 0.100. The van der Waals surface area contributed by atoms with Gasteiger partial charge in [-0.3, -0.25) is 4.79 Å². The van der Waals surface area contributed by atoms with Crippen LogP contribution in [-0.2, 0) is 0 Å². The number of β-amino-alcohol motifs (C(OH)–C–C–N with tert-alkyl or cyclic N) is 1. The van der Waals surface area contributed by atoms with E-state index in [2.05, 4.69) is 4.90 Å². The molecule has 1 amide bonds. The molecule has 1 aliphatic rings. The highest BCUT2D eigenvalue weighted by molar-refractivity contribution is 5.99. The summed E-state index contributed by atoms with van der Waals surface area (Å²) in [5, 5.41) is 9.93. The van der Waals surface area contributed by atoms with Gasteiger partial charge in [0.15, 0.2) is 0 Å². The van der Waals surface area contributed by atoms with Crippen molar-refractivity contribution in [1.82, 2.24) is 4.90 Å². The van der Waals surface area contributed by atoms with Crippen LogP contribution in [-0.4, -0.2) is 55.2 Å². The quantitative estimate of drug-likeness (QED) is 0.667. The molecule has 20 heavy (non-hydrogen) atoms. The largest absolute Gasteiger partial charge is 0.399 e. The van der Waals surface area contributed by atoms with Crippen LogP contribution in [0, 0.1) is 0 Å². The van der Waals surface area contributed by atoms with Crippen molar-refractivity contribution in [3.05, 3.63) is 23.8 Å². The SMILES string of the molecule is CN(C)CC1CC(O)CN1c1ccc(N)cc1C(N)=O. The van der Waals surface area contributed by atoms with Crippen molar-refractivity contribution in [2.75, 3.05) is 37.8 Å². The molecule has 0 bridgehead atoms. The molecule has 2 unspecified atom stereocenters. The van der Waals surface area contributed by atoms with Crippen molar-refractivity contribution < 1.29 is 9.90 Å². The number of likely N-dealkylation sites (N-methyl/N-ethyl adjacent to an activating group) is 1. The van der Waals surface area contributed by atoms with Crippen molar-refractivity contribution in [1.29, 1.82) is 0 Å². The average Bonchev–Trinajstić information content (AvgIpc) is 2.69. The number of aliphatic hydroxyl groups is 1. The highest BCUT2D eigenvalue weighted by Gasteiger charge is 2.33. The van der Waals surface area contributed by atoms with Crippen molar-refractivity contribution >= 4 is 17.3 Å². The summed E-state index contributed by atoms with van der Waals surface area (Å²) in [5.74, 6) is -0.503. The number of carbonyl (C=O) groups excluding carboxylic acids is 1. The number of carbonyl (C=O) groups is 1. The van der Waals surface area contributed by atoms with E-state index in [1.807, 2.05) is 19.0 Å². The number of aliphatic hydroxyl groups excluding tert-OH is 1. The summed E-state index contributed by atoms with van der Waals surface area (Å²) < 4.78 is 0. The van der Waals surface area contributed by atoms with E-state index >= 15 is 0 Å². The summed E-state index contributed by atoms with van der Waals surface area (Å²) in [6, 6.07) is 5.30. The van der Waals surface area contributed by atoms with Crippen LogP contribution in [0.4, 0.5) is 11.4 Å². The Bertz CT molecular complexity index is 504. The Kier molecular flexibility index (Phi) is 4.15. The van der Waals surface area contributed by atoms with Crippen LogP contribution in [0.15, 0.2) is 18.2 Å². The Morgan fingerprint density at radius 2 is 2.20 bits per heavy atom. The first-order chi connectivity index (χ1) is 9.38. The number of primary amides is 1. The Balaban J connectivity index is 2.36. The van der Waals surface area contributed by atoms with E-state index in [1.54, 1.807) is 18.2 Å². The molecule has 2 rings (SSSR count). The van der Waals surface area contributed by atoms with Gasteiger partial charge in [0.25, 0.3) is 5.91 Å². The summed E-state index contributed by atoms with van der Waals surface area (Å²) in [4.78, 5) is 15.7. The third-order valence-electron chi connectivity index (χ3n) is 3.56. The molecule has 110 valence electrons. The van der Waals surface area contributed by atoms with Gasteiger partial charge in [-0.25, -0.2) is 0 Å². The maximum atomic E-state index is 11.6. The Morgan fingerprint density at radius 3 is 2.80 bits per heavy atom. The first kappa shape index (κ1) is 14.6. The Morgan fingerprint density at radius 1 is 1.50 bits per heavy atom. The third-order valence-corrected chi connectivity index (χ3v) is 3.56. The number of benzene rings is 1. The first-order valence-electron chi connectivity index (χ1n) is 6.67. The number of nitrogen functional groups attached to an aromatic ring is 1. The second-order valence-electron chi connectivity index (χ2n) is 5.60. The van der Waals surface area contributed by atoms with Crippen LogP contribution in [0.2, 0.25) is 0 Å². The monoisotopic (exact) mass is 278 g/mol. The van der Waals surface area contributed by atoms with Crippen molar-refractivity contribution in [3.63, 3.8) is 0 Å². The molecule has 0 radical (unpaired) electrons. The molecule has 1 aromatic carbocycles. The van der Waals surface area contributed by atoms with Gasteiger partial charge in [0.05, 0.1) is 17.4 Å². The zero-order valence-electron chi connectivity index (χ0n) is 11.9. The third kappa shape index (κ3) is 3.02. The fraction of sp³-hybridized carbons (Fsp3) is 0.500. The van der Waals surface area contributed by atoms with Gasteiger partial charge in [0.1, 0.15) is 0 Å². The number of hydrogen-bond acceptors (Lipinski definition) is 5. The van der Waals surface area contributed by atoms with Gasteiger partial charge in [0, 0.05) is 24.8 Å². The molecule has 1 aliphatic heterocycles. The second kappa shape index (κ2) is 5.68. The van der Waals surface area contributed by atoms with E-state index in [0.717, 1.165) is 12.2 Å². The summed E-state index contributed by atoms with van der Waals surface area (Å²) in [6.45, 7) is 1.31. The molecule has 5 N–H and O–H groups in total. The normalized spacial score (nSPS) is 22.5. The lowest BCUT2D eigenvalue weighted by Crippen LogP contribution is -2.38. The number of nitrogens with zero attached hydrogens (tertiary/aromatic N) is 2. The minimum absolute atomic E-state index is 0.154. The van der Waals surface area contributed by atoms with Gasteiger partial charge in [-0.15, -0.1) is 0 Å². The Labute approximate surface area is 119 Å². The number of anilines is 2. The zero-order valence-corrected chi connectivity index (χ0v) is 11.9. The van der Waals surface area contributed by atoms with E-state index in [-0.39, 0.29) is 6.04 Å². The molecule has 1 saturated heterocycles. The van der Waals surface area contributed by atoms with Crippen molar-refractivity contribution in [2.45, 2.75) is 18.6 Å². The molecular formula is C14H22N4O2. The molecular weight excluding hydrogens is 256 g/mol. The van der Waals surface area contributed by atoms with Crippen LogP contribution in [0.1, 0.15) is 16.8 Å². The molecule has 0 saturated carbocycles. The van der Waals surface area contributed by atoms with Gasteiger partial charge >= 0.3 is 0 Å². The number of amides is 1. The predicted molar refractivity (Wildman–Crippen MR) is 79.7 cm³/mol. The van der Waals surface area contributed by atoms with Crippen LogP contribution in [0.25, 0.3) is 0 Å². The summed E-state index contributed by atoms with van der Waals surface area (Å²) in [5.41, 5.74) is 12.8. The molecule has 6 nitrogen and oxygen atoms in total. The summed E-state index contributed by atoms with van der Waals surface area (Å²) in [7, 11) is 3.97. The highest BCUT2D eigenvalue weighted by Crippen LogP contribution is 2.30. The molecule has 1 heterocycles. The zero-order chi connectivity index (χ0) is 14.9. The minimum atomic E-state index is -0.503. The Hall–Kier alpha value is -1.79. The number of nitrogens with two attached hydrogens (primary N) is 2. The maximum absolute atomic E-state index is 11.6. The molecule has 1 fully saturated rings. The second-order valence-corrected chi connectivity index (χ2v) is 5.60. The maximum Gasteiger partial charge on any atom is 0.250 e. The lowest BCUT2D eigenvalue weighted by atomic mass is 10.1. The standard InChI is InChI=1S/C14H22N4O2/c1-17(2)7-10-6-11(19)8-18(10)13-4-3-9(15)5-12(13)14(16)20/h3-5,10-11,19H,6-8,15H2,1-2H3,(H2,16,20). The molecule has 6 heteroatoms. The first-order valence-corrected chi connectivity index (χ1v) is 6.67. The van der Waals surface area contributed by atoms with E-state index in [4.69, 9.17) is 11.5 Å². The molecule has 2 atom stereocenters. The highest BCUT2D eigenvalue weighted by atomic mass is 16.3. The van der Waals surface area contributed by atoms with Gasteiger partial charge in [-0.05, 0) is 38.7 Å². The predicted octanol–water partition coefficient (Wildman–Crippen LogP) is -0.131. The van der Waals surface area contributed by atoms with E-state index in [1.165, 1.54) is 0 Å². The van der Waals surface area contributed by atoms with Gasteiger partial charge in [-0.1, -0.05) is 0 Å². The van der Waals surface area contributed by atoms with Crippen LogP contribution >= 0.6 is 0 Å². The van der Waals surface area contributed by atoms with Crippen LogP contribution in [0.3, 0.4) is 0 Å². The minimum Gasteiger partial charge on any atom is -0.399 e. The summed E-state index contributed by atoms with van der Waals surface area (Å²) >= 11 is 0. The number of hydrogen-bond donors (Lipinski definition) is 3. The van der Waals surface area contributed by atoms with Gasteiger partial charge in [-0.2, -0.15) is 0 Å². The lowest BCUT2D eigenvalue weighted by Gasteiger charge is -2.30. The van der Waals surface area contributed by atoms with E-state index < -0.39 is 12.0 Å². The van der Waals surface area contributed by atoms with Crippen molar-refractivity contribution in [3.8, 4) is 0 Å². The van der Waals surface area contributed by atoms with E-state index in [9.17, 15) is 9.90 Å².